The SMILES string of the molecule is Cc1csc(NC(=O)N[C@H](C(=O)O)[C@@H](C)O)n1. The molecule has 1 aromatic rings. The molecule has 8 heteroatoms. The number of carbonyl (C=O) groups is 2. The Morgan fingerprint density at radius 2 is 2.18 bits per heavy atom. The number of hydrogen-bond donors (Lipinski definition) is 4. The monoisotopic (exact) mass is 259 g/mol. The molecule has 0 aliphatic rings. The zero-order valence-electron chi connectivity index (χ0n) is 9.30. The number of amides is 2. The number of aliphatic hydroxyl groups excluding tert-OH is 1. The number of carbonyl (C=O) groups excluding carboxylic acids is 1. The number of carboxylic acids is 1. The normalized spacial score (nSPS) is 13.8. The van der Waals surface area contributed by atoms with Gasteiger partial charge in [-0.05, 0) is 13.8 Å². The van der Waals surface area contributed by atoms with Crippen molar-refractivity contribution in [3.8, 4) is 0 Å². The van der Waals surface area contributed by atoms with E-state index in [0.29, 0.717) is 5.13 Å². The minimum Gasteiger partial charge on any atom is -0.480 e. The van der Waals surface area contributed by atoms with E-state index >= 15 is 0 Å². The van der Waals surface area contributed by atoms with Gasteiger partial charge in [-0.3, -0.25) is 5.32 Å². The molecule has 0 bridgehead atoms. The number of aryl methyl sites for hydroxylation is 1. The third kappa shape index (κ3) is 4.00. The molecule has 17 heavy (non-hydrogen) atoms. The maximum absolute atomic E-state index is 11.4. The molecular weight excluding hydrogens is 246 g/mol. The number of thiazole rings is 1. The van der Waals surface area contributed by atoms with Crippen LogP contribution in [0.25, 0.3) is 0 Å². The highest BCUT2D eigenvalue weighted by atomic mass is 32.1. The molecule has 0 fully saturated rings. The van der Waals surface area contributed by atoms with Crippen molar-refractivity contribution in [1.29, 1.82) is 0 Å². The number of aliphatic hydroxyl groups is 1. The van der Waals surface area contributed by atoms with Gasteiger partial charge in [0.25, 0.3) is 0 Å². The number of nitrogens with one attached hydrogen (secondary N) is 2. The number of anilines is 1. The Morgan fingerprint density at radius 1 is 1.53 bits per heavy atom. The Kier molecular flexibility index (Phi) is 4.41. The number of hydrogen-bond acceptors (Lipinski definition) is 5. The van der Waals surface area contributed by atoms with E-state index in [1.54, 1.807) is 12.3 Å². The van der Waals surface area contributed by atoms with Gasteiger partial charge in [-0.1, -0.05) is 0 Å². The van der Waals surface area contributed by atoms with Crippen LogP contribution in [0.15, 0.2) is 5.38 Å². The molecule has 2 atom stereocenters. The topological polar surface area (TPSA) is 112 Å². The fourth-order valence-electron chi connectivity index (χ4n) is 1.07. The van der Waals surface area contributed by atoms with E-state index < -0.39 is 24.1 Å². The molecule has 0 spiro atoms. The number of urea groups is 1. The van der Waals surface area contributed by atoms with Crippen molar-refractivity contribution >= 4 is 28.5 Å². The first-order valence-corrected chi connectivity index (χ1v) is 5.68. The molecule has 1 heterocycles. The van der Waals surface area contributed by atoms with Gasteiger partial charge in [-0.15, -0.1) is 11.3 Å². The molecule has 2 amide bonds. The summed E-state index contributed by atoms with van der Waals surface area (Å²) in [5.41, 5.74) is 0.760. The summed E-state index contributed by atoms with van der Waals surface area (Å²) in [6.07, 6.45) is -1.18. The number of rotatable bonds is 4. The predicted octanol–water partition coefficient (Wildman–Crippen LogP) is 0.407. The van der Waals surface area contributed by atoms with Crippen LogP contribution in [0.3, 0.4) is 0 Å². The van der Waals surface area contributed by atoms with Gasteiger partial charge in [0.2, 0.25) is 0 Å². The Morgan fingerprint density at radius 3 is 2.59 bits per heavy atom. The van der Waals surface area contributed by atoms with Gasteiger partial charge in [-0.2, -0.15) is 0 Å². The minimum absolute atomic E-state index is 0.370. The van der Waals surface area contributed by atoms with Crippen LogP contribution in [0.1, 0.15) is 12.6 Å². The lowest BCUT2D eigenvalue weighted by molar-refractivity contribution is -0.141. The summed E-state index contributed by atoms with van der Waals surface area (Å²) in [6, 6.07) is -2.07. The average molecular weight is 259 g/mol. The molecule has 0 saturated heterocycles. The fourth-order valence-corrected chi connectivity index (χ4v) is 1.76. The number of carboxylic acid groups (broad SMARTS) is 1. The number of aliphatic carboxylic acids is 1. The van der Waals surface area contributed by atoms with Crippen LogP contribution < -0.4 is 10.6 Å². The third-order valence-corrected chi connectivity index (χ3v) is 2.75. The zero-order valence-corrected chi connectivity index (χ0v) is 10.1. The second-order valence-corrected chi connectivity index (χ2v) is 4.31. The van der Waals surface area contributed by atoms with E-state index in [2.05, 4.69) is 15.6 Å². The van der Waals surface area contributed by atoms with Gasteiger partial charge in [0.05, 0.1) is 11.8 Å². The van der Waals surface area contributed by atoms with Crippen LogP contribution in [0.2, 0.25) is 0 Å². The molecule has 0 saturated carbocycles. The Bertz CT molecular complexity index is 418. The highest BCUT2D eigenvalue weighted by molar-refractivity contribution is 7.13. The van der Waals surface area contributed by atoms with E-state index in [4.69, 9.17) is 10.2 Å². The molecule has 0 aromatic carbocycles. The maximum Gasteiger partial charge on any atom is 0.328 e. The summed E-state index contributed by atoms with van der Waals surface area (Å²) in [5.74, 6) is -1.30. The predicted molar refractivity (Wildman–Crippen MR) is 62.1 cm³/mol. The summed E-state index contributed by atoms with van der Waals surface area (Å²) in [6.45, 7) is 3.06. The molecule has 0 aliphatic heterocycles. The molecule has 4 N–H and O–H groups in total. The van der Waals surface area contributed by atoms with Gasteiger partial charge in [0.15, 0.2) is 11.2 Å². The van der Waals surface area contributed by atoms with E-state index in [0.717, 1.165) is 5.69 Å². The lowest BCUT2D eigenvalue weighted by Crippen LogP contribution is -2.49. The van der Waals surface area contributed by atoms with Crippen molar-refractivity contribution in [3.05, 3.63) is 11.1 Å². The van der Waals surface area contributed by atoms with Crippen LogP contribution in [-0.2, 0) is 4.79 Å². The van der Waals surface area contributed by atoms with Gasteiger partial charge in [-0.25, -0.2) is 14.6 Å². The molecule has 0 radical (unpaired) electrons. The van der Waals surface area contributed by atoms with Crippen LogP contribution in [-0.4, -0.2) is 39.3 Å². The third-order valence-electron chi connectivity index (χ3n) is 1.87. The maximum atomic E-state index is 11.4. The summed E-state index contributed by atoms with van der Waals surface area (Å²) < 4.78 is 0. The molecule has 0 aliphatic carbocycles. The average Bonchev–Trinajstić information content (AvgIpc) is 2.59. The first-order valence-electron chi connectivity index (χ1n) is 4.80. The Labute approximate surface area is 101 Å². The van der Waals surface area contributed by atoms with Gasteiger partial charge in [0.1, 0.15) is 0 Å². The summed E-state index contributed by atoms with van der Waals surface area (Å²) in [4.78, 5) is 26.1. The van der Waals surface area contributed by atoms with Crippen molar-refractivity contribution in [3.63, 3.8) is 0 Å². The van der Waals surface area contributed by atoms with Crippen LogP contribution in [0.5, 0.6) is 0 Å². The standard InChI is InChI=1S/C9H13N3O4S/c1-4-3-17-9(10-4)12-8(16)11-6(5(2)13)7(14)15/h3,5-6,13H,1-2H3,(H,14,15)(H2,10,11,12,16)/t5-,6+/m1/s1. The summed E-state index contributed by atoms with van der Waals surface area (Å²) in [7, 11) is 0. The van der Waals surface area contributed by atoms with Crippen molar-refractivity contribution < 1.29 is 19.8 Å². The number of aromatic nitrogens is 1. The Balaban J connectivity index is 2.56. The van der Waals surface area contributed by atoms with Gasteiger partial charge in [0, 0.05) is 5.38 Å². The molecule has 0 unspecified atom stereocenters. The molecule has 1 aromatic heterocycles. The second kappa shape index (κ2) is 5.60. The fraction of sp³-hybridized carbons (Fsp3) is 0.444. The first kappa shape index (κ1) is 13.4. The molecule has 1 rings (SSSR count). The van der Waals surface area contributed by atoms with Crippen molar-refractivity contribution in [1.82, 2.24) is 10.3 Å². The van der Waals surface area contributed by atoms with Crippen LogP contribution in [0.4, 0.5) is 9.93 Å². The highest BCUT2D eigenvalue weighted by Crippen LogP contribution is 2.13. The molecule has 7 nitrogen and oxygen atoms in total. The van der Waals surface area contributed by atoms with Crippen LogP contribution >= 0.6 is 11.3 Å². The van der Waals surface area contributed by atoms with E-state index in [9.17, 15) is 9.59 Å². The van der Waals surface area contributed by atoms with E-state index in [1.807, 2.05) is 0 Å². The smallest absolute Gasteiger partial charge is 0.328 e. The summed E-state index contributed by atoms with van der Waals surface area (Å²) in [5, 5.41) is 24.6. The number of nitrogens with zero attached hydrogens (tertiary/aromatic N) is 1. The van der Waals surface area contributed by atoms with Crippen molar-refractivity contribution in [2.75, 3.05) is 5.32 Å². The second-order valence-electron chi connectivity index (χ2n) is 3.45. The van der Waals surface area contributed by atoms with Crippen LogP contribution in [0, 0.1) is 6.92 Å². The lowest BCUT2D eigenvalue weighted by atomic mass is 10.2. The zero-order chi connectivity index (χ0) is 13.0. The minimum atomic E-state index is -1.35. The quantitative estimate of drug-likeness (QED) is 0.625. The molecular formula is C9H13N3O4S. The Hall–Kier alpha value is -1.67. The van der Waals surface area contributed by atoms with E-state index in [-0.39, 0.29) is 0 Å². The lowest BCUT2D eigenvalue weighted by Gasteiger charge is -2.16. The van der Waals surface area contributed by atoms with Gasteiger partial charge < -0.3 is 15.5 Å². The van der Waals surface area contributed by atoms with Gasteiger partial charge >= 0.3 is 12.0 Å². The van der Waals surface area contributed by atoms with Crippen molar-refractivity contribution in [2.45, 2.75) is 26.0 Å². The largest absolute Gasteiger partial charge is 0.480 e. The summed E-state index contributed by atoms with van der Waals surface area (Å²) >= 11 is 1.23. The highest BCUT2D eigenvalue weighted by Gasteiger charge is 2.25. The first-order chi connectivity index (χ1) is 7.90. The van der Waals surface area contributed by atoms with E-state index in [1.165, 1.54) is 18.3 Å². The molecule has 94 valence electrons. The van der Waals surface area contributed by atoms with Crippen molar-refractivity contribution in [2.24, 2.45) is 0 Å².